The molecule has 0 N–H and O–H groups in total. The third kappa shape index (κ3) is 11.9. The van der Waals surface area contributed by atoms with Crippen molar-refractivity contribution in [2.75, 3.05) is 26.4 Å². The van der Waals surface area contributed by atoms with Crippen molar-refractivity contribution in [1.29, 1.82) is 0 Å². The van der Waals surface area contributed by atoms with Crippen LogP contribution in [0, 0.1) is 0 Å². The first kappa shape index (κ1) is 34.5. The molecule has 0 aromatic heterocycles. The Bertz CT molecular complexity index is 1270. The summed E-state index contributed by atoms with van der Waals surface area (Å²) in [6, 6.07) is 14.2. The zero-order valence-electron chi connectivity index (χ0n) is 26.1. The average molecular weight is 613 g/mol. The molecule has 0 fully saturated rings. The Morgan fingerprint density at radius 2 is 0.977 bits per heavy atom. The fraction of sp³-hybridized carbons (Fsp3) is 0.556. The Balaban J connectivity index is 1.51. The van der Waals surface area contributed by atoms with Gasteiger partial charge < -0.3 is 18.9 Å². The lowest BCUT2D eigenvalue weighted by molar-refractivity contribution is -0.144. The van der Waals surface area contributed by atoms with E-state index in [9.17, 15) is 9.59 Å². The van der Waals surface area contributed by atoms with Crippen LogP contribution < -0.4 is 9.47 Å². The van der Waals surface area contributed by atoms with E-state index in [0.717, 1.165) is 110 Å². The molecule has 0 amide bonds. The number of hydrogen-bond donors (Lipinski definition) is 0. The molecule has 0 atom stereocenters. The summed E-state index contributed by atoms with van der Waals surface area (Å²) >= 11 is 6.46. The largest absolute Gasteiger partial charge is 0.492 e. The van der Waals surface area contributed by atoms with Gasteiger partial charge in [0, 0.05) is 39.4 Å². The minimum absolute atomic E-state index is 0.0936. The van der Waals surface area contributed by atoms with Gasteiger partial charge in [0.25, 0.3) is 0 Å². The highest BCUT2D eigenvalue weighted by atomic mass is 35.5. The molecule has 43 heavy (non-hydrogen) atoms. The zero-order valence-corrected chi connectivity index (χ0v) is 26.9. The third-order valence-corrected chi connectivity index (χ3v) is 7.78. The molecular formula is C36H49ClO6. The van der Waals surface area contributed by atoms with Gasteiger partial charge in [0.15, 0.2) is 0 Å². The van der Waals surface area contributed by atoms with Gasteiger partial charge in [-0.1, -0.05) is 87.2 Å². The summed E-state index contributed by atoms with van der Waals surface area (Å²) in [5.41, 5.74) is 0. The smallest absolute Gasteiger partial charge is 0.305 e. The van der Waals surface area contributed by atoms with E-state index in [1.165, 1.54) is 0 Å². The van der Waals surface area contributed by atoms with E-state index in [1.807, 2.05) is 44.2 Å². The van der Waals surface area contributed by atoms with Crippen molar-refractivity contribution in [3.05, 3.63) is 47.5 Å². The summed E-state index contributed by atoms with van der Waals surface area (Å²) in [6.45, 7) is 5.86. The molecule has 0 saturated carbocycles. The van der Waals surface area contributed by atoms with Crippen LogP contribution in [0.3, 0.4) is 0 Å². The summed E-state index contributed by atoms with van der Waals surface area (Å²) in [7, 11) is 0. The van der Waals surface area contributed by atoms with Gasteiger partial charge in [0.2, 0.25) is 0 Å². The average Bonchev–Trinajstić information content (AvgIpc) is 3.00. The fourth-order valence-electron chi connectivity index (χ4n) is 5.35. The lowest BCUT2D eigenvalue weighted by Crippen LogP contribution is -2.03. The quantitative estimate of drug-likeness (QED) is 0.0638. The molecule has 0 heterocycles. The van der Waals surface area contributed by atoms with Gasteiger partial charge in [-0.15, -0.1) is 0 Å². The van der Waals surface area contributed by atoms with Gasteiger partial charge in [-0.05, 0) is 57.7 Å². The van der Waals surface area contributed by atoms with Crippen LogP contribution in [0.2, 0.25) is 5.02 Å². The SMILES string of the molecule is CCOC(=O)CCCCCCCCOc1c2ccccc2c(OCCCCCCCCC(=O)OCC)c2cc(Cl)ccc12. The maximum absolute atomic E-state index is 11.5. The van der Waals surface area contributed by atoms with Crippen molar-refractivity contribution in [2.24, 2.45) is 0 Å². The number of carbonyl (C=O) groups excluding carboxylic acids is 2. The summed E-state index contributed by atoms with van der Waals surface area (Å²) in [4.78, 5) is 22.9. The van der Waals surface area contributed by atoms with Gasteiger partial charge in [-0.25, -0.2) is 0 Å². The van der Waals surface area contributed by atoms with Crippen molar-refractivity contribution in [3.63, 3.8) is 0 Å². The molecule has 0 saturated heterocycles. The molecule has 6 nitrogen and oxygen atoms in total. The second-order valence-electron chi connectivity index (χ2n) is 10.9. The predicted octanol–water partition coefficient (Wildman–Crippen LogP) is 9.99. The Morgan fingerprint density at radius 3 is 1.47 bits per heavy atom. The Labute approximate surface area is 262 Å². The van der Waals surface area contributed by atoms with Gasteiger partial charge in [-0.2, -0.15) is 0 Å². The van der Waals surface area contributed by atoms with Crippen molar-refractivity contribution in [1.82, 2.24) is 0 Å². The molecule has 0 unspecified atom stereocenters. The first-order valence-electron chi connectivity index (χ1n) is 16.3. The normalized spacial score (nSPS) is 11.1. The van der Waals surface area contributed by atoms with Crippen LogP contribution in [-0.2, 0) is 19.1 Å². The molecule has 236 valence electrons. The van der Waals surface area contributed by atoms with Crippen LogP contribution in [0.4, 0.5) is 0 Å². The number of unbranched alkanes of at least 4 members (excludes halogenated alkanes) is 10. The number of halogens is 1. The third-order valence-electron chi connectivity index (χ3n) is 7.54. The van der Waals surface area contributed by atoms with Crippen LogP contribution >= 0.6 is 11.6 Å². The molecule has 3 aromatic carbocycles. The van der Waals surface area contributed by atoms with Gasteiger partial charge in [0.05, 0.1) is 26.4 Å². The molecule has 3 aromatic rings. The van der Waals surface area contributed by atoms with Crippen LogP contribution in [-0.4, -0.2) is 38.4 Å². The van der Waals surface area contributed by atoms with E-state index in [4.69, 9.17) is 30.5 Å². The standard InChI is InChI=1S/C36H49ClO6/c1-3-40-33(38)21-13-9-5-7-11-17-25-42-35-29-19-15-16-20-30(29)36(32-27-28(37)23-24-31(32)35)43-26-18-12-8-6-10-14-22-34(39)41-4-2/h15-16,19-20,23-24,27H,3-14,17-18,21-22,25-26H2,1-2H3. The highest BCUT2D eigenvalue weighted by Gasteiger charge is 2.16. The Hall–Kier alpha value is -2.99. The number of carbonyl (C=O) groups is 2. The molecule has 0 aliphatic rings. The zero-order chi connectivity index (χ0) is 30.7. The van der Waals surface area contributed by atoms with E-state index in [0.29, 0.717) is 44.3 Å². The van der Waals surface area contributed by atoms with Gasteiger partial charge in [0.1, 0.15) is 11.5 Å². The molecule has 0 aliphatic heterocycles. The minimum atomic E-state index is -0.0947. The number of esters is 2. The van der Waals surface area contributed by atoms with Crippen molar-refractivity contribution in [3.8, 4) is 11.5 Å². The van der Waals surface area contributed by atoms with E-state index in [1.54, 1.807) is 0 Å². The summed E-state index contributed by atoms with van der Waals surface area (Å²) in [6.07, 6.45) is 13.5. The second-order valence-corrected chi connectivity index (χ2v) is 11.4. The Kier molecular flexibility index (Phi) is 16.1. The molecule has 0 bridgehead atoms. The molecule has 0 radical (unpaired) electrons. The predicted molar refractivity (Wildman–Crippen MR) is 175 cm³/mol. The van der Waals surface area contributed by atoms with E-state index in [2.05, 4.69) is 12.1 Å². The molecule has 7 heteroatoms. The highest BCUT2D eigenvalue weighted by molar-refractivity contribution is 6.31. The monoisotopic (exact) mass is 612 g/mol. The number of hydrogen-bond acceptors (Lipinski definition) is 6. The number of ether oxygens (including phenoxy) is 4. The molecule has 0 spiro atoms. The van der Waals surface area contributed by atoms with Gasteiger partial charge in [-0.3, -0.25) is 9.59 Å². The Morgan fingerprint density at radius 1 is 0.558 bits per heavy atom. The van der Waals surface area contributed by atoms with E-state index < -0.39 is 0 Å². The first-order valence-corrected chi connectivity index (χ1v) is 16.6. The number of benzene rings is 3. The fourth-order valence-corrected chi connectivity index (χ4v) is 5.53. The van der Waals surface area contributed by atoms with Crippen LogP contribution in [0.5, 0.6) is 11.5 Å². The maximum Gasteiger partial charge on any atom is 0.305 e. The number of rotatable bonds is 22. The second kappa shape index (κ2) is 20.1. The molecular weight excluding hydrogens is 564 g/mol. The van der Waals surface area contributed by atoms with Crippen LogP contribution in [0.15, 0.2) is 42.5 Å². The van der Waals surface area contributed by atoms with Gasteiger partial charge >= 0.3 is 11.9 Å². The minimum Gasteiger partial charge on any atom is -0.492 e. The maximum atomic E-state index is 11.5. The van der Waals surface area contributed by atoms with Crippen LogP contribution in [0.1, 0.15) is 104 Å². The van der Waals surface area contributed by atoms with Crippen molar-refractivity contribution >= 4 is 45.1 Å². The van der Waals surface area contributed by atoms with E-state index in [-0.39, 0.29) is 11.9 Å². The van der Waals surface area contributed by atoms with E-state index >= 15 is 0 Å². The summed E-state index contributed by atoms with van der Waals surface area (Å²) < 4.78 is 22.9. The topological polar surface area (TPSA) is 71.1 Å². The molecule has 0 aliphatic carbocycles. The first-order chi connectivity index (χ1) is 21.0. The lowest BCUT2D eigenvalue weighted by Gasteiger charge is -2.18. The molecule has 3 rings (SSSR count). The van der Waals surface area contributed by atoms with Crippen molar-refractivity contribution in [2.45, 2.75) is 104 Å². The van der Waals surface area contributed by atoms with Crippen molar-refractivity contribution < 1.29 is 28.5 Å². The highest BCUT2D eigenvalue weighted by Crippen LogP contribution is 2.43. The lowest BCUT2D eigenvalue weighted by atomic mass is 10.0. The number of fused-ring (bicyclic) bond motifs is 2. The summed E-state index contributed by atoms with van der Waals surface area (Å²) in [5, 5.41) is 4.74. The van der Waals surface area contributed by atoms with Crippen LogP contribution in [0.25, 0.3) is 21.5 Å². The summed E-state index contributed by atoms with van der Waals surface area (Å²) in [5.74, 6) is 1.55.